The average Bonchev–Trinajstić information content (AvgIpc) is 3.26. The number of aromatic amines is 1. The van der Waals surface area contributed by atoms with E-state index in [0.29, 0.717) is 16.0 Å². The van der Waals surface area contributed by atoms with Crippen molar-refractivity contribution < 1.29 is 9.21 Å². The van der Waals surface area contributed by atoms with Gasteiger partial charge in [0.15, 0.2) is 0 Å². The van der Waals surface area contributed by atoms with Crippen LogP contribution in [0.5, 0.6) is 0 Å². The predicted octanol–water partition coefficient (Wildman–Crippen LogP) is 3.55. The number of H-pyrrole nitrogens is 1. The highest BCUT2D eigenvalue weighted by Gasteiger charge is 2.17. The van der Waals surface area contributed by atoms with Crippen LogP contribution in [0.15, 0.2) is 39.1 Å². The zero-order valence-corrected chi connectivity index (χ0v) is 16.1. The maximum atomic E-state index is 12.7. The Bertz CT molecular complexity index is 1220. The molecule has 0 bridgehead atoms. The molecule has 27 heavy (non-hydrogen) atoms. The molecule has 0 aliphatic heterocycles. The van der Waals surface area contributed by atoms with E-state index in [2.05, 4.69) is 9.97 Å². The lowest BCUT2D eigenvalue weighted by Gasteiger charge is -2.16. The zero-order valence-electron chi connectivity index (χ0n) is 15.3. The second-order valence-electron chi connectivity index (χ2n) is 6.72. The zero-order chi connectivity index (χ0) is 19.1. The van der Waals surface area contributed by atoms with Crippen molar-refractivity contribution in [3.05, 3.63) is 62.7 Å². The Kier molecular flexibility index (Phi) is 4.31. The van der Waals surface area contributed by atoms with Crippen LogP contribution in [0.3, 0.4) is 0 Å². The average molecular weight is 381 g/mol. The van der Waals surface area contributed by atoms with Gasteiger partial charge in [0.2, 0.25) is 5.91 Å². The van der Waals surface area contributed by atoms with E-state index in [9.17, 15) is 9.59 Å². The first-order valence-electron chi connectivity index (χ1n) is 8.60. The van der Waals surface area contributed by atoms with E-state index < -0.39 is 0 Å². The number of rotatable bonds is 4. The smallest absolute Gasteiger partial charge is 0.268 e. The third kappa shape index (κ3) is 3.14. The lowest BCUT2D eigenvalue weighted by Crippen LogP contribution is -2.29. The minimum absolute atomic E-state index is 0.0657. The second-order valence-corrected chi connectivity index (χ2v) is 7.64. The molecule has 1 aromatic carbocycles. The van der Waals surface area contributed by atoms with Crippen molar-refractivity contribution in [2.24, 2.45) is 0 Å². The van der Waals surface area contributed by atoms with Gasteiger partial charge < -0.3 is 14.3 Å². The van der Waals surface area contributed by atoms with Crippen molar-refractivity contribution >= 4 is 38.4 Å². The minimum atomic E-state index is -0.169. The van der Waals surface area contributed by atoms with Crippen LogP contribution in [0.4, 0.5) is 0 Å². The number of fused-ring (bicyclic) bond motifs is 2. The standard InChI is InChI=1S/C20H19N3O3S/c1-11-4-5-14-13(10-26-18(14)12(11)2)8-17(24)23(3)9-16-21-15-6-7-27-19(15)20(25)22-16/h4-7,10H,8-9H2,1-3H3,(H,21,22,25). The molecule has 1 amide bonds. The Labute approximate surface area is 159 Å². The number of benzene rings is 1. The van der Waals surface area contributed by atoms with Crippen molar-refractivity contribution in [3.8, 4) is 0 Å². The van der Waals surface area contributed by atoms with Crippen LogP contribution >= 0.6 is 11.3 Å². The summed E-state index contributed by atoms with van der Waals surface area (Å²) in [5, 5.41) is 2.80. The summed E-state index contributed by atoms with van der Waals surface area (Å²) in [4.78, 5) is 33.5. The summed E-state index contributed by atoms with van der Waals surface area (Å²) in [6.45, 7) is 4.29. The summed E-state index contributed by atoms with van der Waals surface area (Å²) in [5.74, 6) is 0.411. The molecule has 0 aliphatic rings. The van der Waals surface area contributed by atoms with Crippen LogP contribution in [0.2, 0.25) is 0 Å². The Morgan fingerprint density at radius 3 is 2.93 bits per heavy atom. The van der Waals surface area contributed by atoms with Gasteiger partial charge in [0.1, 0.15) is 16.1 Å². The molecule has 0 saturated heterocycles. The van der Waals surface area contributed by atoms with Crippen molar-refractivity contribution in [1.82, 2.24) is 14.9 Å². The molecule has 7 heteroatoms. The maximum absolute atomic E-state index is 12.7. The van der Waals surface area contributed by atoms with Crippen LogP contribution in [-0.2, 0) is 17.8 Å². The van der Waals surface area contributed by atoms with Gasteiger partial charge in [-0.1, -0.05) is 12.1 Å². The van der Waals surface area contributed by atoms with Gasteiger partial charge in [-0.05, 0) is 36.4 Å². The number of furan rings is 1. The van der Waals surface area contributed by atoms with Crippen LogP contribution in [-0.4, -0.2) is 27.8 Å². The van der Waals surface area contributed by atoms with E-state index in [-0.39, 0.29) is 24.4 Å². The van der Waals surface area contributed by atoms with Gasteiger partial charge in [-0.3, -0.25) is 9.59 Å². The number of nitrogens with zero attached hydrogens (tertiary/aromatic N) is 2. The van der Waals surface area contributed by atoms with Gasteiger partial charge in [0.05, 0.1) is 24.7 Å². The number of hydrogen-bond donors (Lipinski definition) is 1. The minimum Gasteiger partial charge on any atom is -0.464 e. The Morgan fingerprint density at radius 2 is 2.11 bits per heavy atom. The molecule has 3 heterocycles. The van der Waals surface area contributed by atoms with E-state index in [0.717, 1.165) is 27.7 Å². The van der Waals surface area contributed by atoms with Crippen LogP contribution < -0.4 is 5.56 Å². The van der Waals surface area contributed by atoms with Gasteiger partial charge in [-0.15, -0.1) is 11.3 Å². The SMILES string of the molecule is Cc1ccc2c(CC(=O)N(C)Cc3nc4ccsc4c(=O)[nH]3)coc2c1C. The highest BCUT2D eigenvalue weighted by molar-refractivity contribution is 7.17. The first-order chi connectivity index (χ1) is 12.9. The van der Waals surface area contributed by atoms with Crippen molar-refractivity contribution in [2.45, 2.75) is 26.8 Å². The second kappa shape index (κ2) is 6.66. The molecule has 3 aromatic heterocycles. The quantitative estimate of drug-likeness (QED) is 0.586. The van der Waals surface area contributed by atoms with E-state index >= 15 is 0 Å². The van der Waals surface area contributed by atoms with E-state index in [1.54, 1.807) is 18.2 Å². The number of nitrogens with one attached hydrogen (secondary N) is 1. The van der Waals surface area contributed by atoms with Crippen molar-refractivity contribution in [1.29, 1.82) is 0 Å². The summed E-state index contributed by atoms with van der Waals surface area (Å²) in [7, 11) is 1.71. The molecule has 0 unspecified atom stereocenters. The molecule has 0 radical (unpaired) electrons. The van der Waals surface area contributed by atoms with E-state index in [1.165, 1.54) is 11.3 Å². The first-order valence-corrected chi connectivity index (χ1v) is 9.48. The van der Waals surface area contributed by atoms with Crippen LogP contribution in [0.1, 0.15) is 22.5 Å². The third-order valence-electron chi connectivity index (χ3n) is 4.86. The van der Waals surface area contributed by atoms with Gasteiger partial charge in [0, 0.05) is 18.0 Å². The Balaban J connectivity index is 1.54. The molecule has 4 rings (SSSR count). The summed E-state index contributed by atoms with van der Waals surface area (Å²) in [5.41, 5.74) is 4.42. The molecule has 0 fully saturated rings. The topological polar surface area (TPSA) is 79.2 Å². The first kappa shape index (κ1) is 17.5. The van der Waals surface area contributed by atoms with E-state index in [4.69, 9.17) is 4.42 Å². The highest BCUT2D eigenvalue weighted by atomic mass is 32.1. The highest BCUT2D eigenvalue weighted by Crippen LogP contribution is 2.27. The monoisotopic (exact) mass is 381 g/mol. The van der Waals surface area contributed by atoms with E-state index in [1.807, 2.05) is 37.4 Å². The maximum Gasteiger partial charge on any atom is 0.268 e. The normalized spacial score (nSPS) is 11.4. The lowest BCUT2D eigenvalue weighted by molar-refractivity contribution is -0.129. The van der Waals surface area contributed by atoms with Gasteiger partial charge in [-0.2, -0.15) is 0 Å². The fraction of sp³-hybridized carbons (Fsp3) is 0.250. The summed E-state index contributed by atoms with van der Waals surface area (Å²) >= 11 is 1.36. The van der Waals surface area contributed by atoms with Crippen molar-refractivity contribution in [2.75, 3.05) is 7.05 Å². The number of carbonyl (C=O) groups is 1. The number of aromatic nitrogens is 2. The fourth-order valence-electron chi connectivity index (χ4n) is 3.13. The number of carbonyl (C=O) groups excluding carboxylic acids is 1. The van der Waals surface area contributed by atoms with Crippen LogP contribution in [0.25, 0.3) is 21.2 Å². The molecule has 0 aliphatic carbocycles. The summed E-state index contributed by atoms with van der Waals surface area (Å²) in [6, 6.07) is 5.84. The molecule has 1 N–H and O–H groups in total. The molecule has 0 spiro atoms. The number of hydrogen-bond acceptors (Lipinski definition) is 5. The predicted molar refractivity (Wildman–Crippen MR) is 106 cm³/mol. The van der Waals surface area contributed by atoms with Gasteiger partial charge in [-0.25, -0.2) is 4.98 Å². The summed E-state index contributed by atoms with van der Waals surface area (Å²) in [6.07, 6.45) is 1.89. The number of likely N-dealkylation sites (N-methyl/N-ethyl adjacent to an activating group) is 1. The summed E-state index contributed by atoms with van der Waals surface area (Å²) < 4.78 is 6.29. The number of amides is 1. The number of thiophene rings is 1. The lowest BCUT2D eigenvalue weighted by atomic mass is 10.0. The fourth-order valence-corrected chi connectivity index (χ4v) is 3.86. The van der Waals surface area contributed by atoms with Gasteiger partial charge >= 0.3 is 0 Å². The van der Waals surface area contributed by atoms with Gasteiger partial charge in [0.25, 0.3) is 5.56 Å². The molecule has 0 saturated carbocycles. The molecular weight excluding hydrogens is 362 g/mol. The third-order valence-corrected chi connectivity index (χ3v) is 5.76. The Morgan fingerprint density at radius 1 is 1.30 bits per heavy atom. The molecule has 138 valence electrons. The van der Waals surface area contributed by atoms with Crippen molar-refractivity contribution in [3.63, 3.8) is 0 Å². The molecule has 0 atom stereocenters. The Hall–Kier alpha value is -2.93. The van der Waals surface area contributed by atoms with Crippen LogP contribution in [0, 0.1) is 13.8 Å². The molecular formula is C20H19N3O3S. The number of aryl methyl sites for hydroxylation is 2. The molecule has 4 aromatic rings. The largest absolute Gasteiger partial charge is 0.464 e. The molecule has 6 nitrogen and oxygen atoms in total.